The first-order valence-electron chi connectivity index (χ1n) is 8.74. The number of nitriles is 1. The lowest BCUT2D eigenvalue weighted by Gasteiger charge is -2.13. The van der Waals surface area contributed by atoms with E-state index in [1.807, 2.05) is 42.5 Å². The van der Waals surface area contributed by atoms with Crippen LogP contribution in [0.15, 0.2) is 72.8 Å². The Labute approximate surface area is 162 Å². The molecule has 0 unspecified atom stereocenters. The average Bonchev–Trinajstić information content (AvgIpc) is 2.73. The highest BCUT2D eigenvalue weighted by Gasteiger charge is 2.17. The number of carbonyl (C=O) groups is 2. The summed E-state index contributed by atoms with van der Waals surface area (Å²) < 4.78 is 5.17. The molecule has 0 radical (unpaired) electrons. The first kappa shape index (κ1) is 18.9. The maximum atomic E-state index is 12.4. The number of hydrogen-bond acceptors (Lipinski definition) is 4. The Morgan fingerprint density at radius 2 is 1.75 bits per heavy atom. The minimum Gasteiger partial charge on any atom is -0.449 e. The number of benzene rings is 3. The molecule has 1 N–H and O–H groups in total. The Bertz CT molecular complexity index is 1070. The van der Waals surface area contributed by atoms with Crippen molar-refractivity contribution in [2.24, 2.45) is 0 Å². The number of esters is 1. The molecular weight excluding hydrogens is 352 g/mol. The van der Waals surface area contributed by atoms with Gasteiger partial charge in [-0.1, -0.05) is 48.5 Å². The van der Waals surface area contributed by atoms with Crippen molar-refractivity contribution >= 4 is 34.4 Å². The molecule has 1 atom stereocenters. The molecule has 1 amide bonds. The van der Waals surface area contributed by atoms with E-state index >= 15 is 0 Å². The number of fused-ring (bicyclic) bond motifs is 1. The van der Waals surface area contributed by atoms with Crippen molar-refractivity contribution in [2.45, 2.75) is 13.0 Å². The Balaban J connectivity index is 1.61. The molecule has 28 heavy (non-hydrogen) atoms. The minimum atomic E-state index is -0.947. The van der Waals surface area contributed by atoms with Crippen LogP contribution in [0.1, 0.15) is 18.1 Å². The summed E-state index contributed by atoms with van der Waals surface area (Å²) in [5.41, 5.74) is 1.96. The lowest BCUT2D eigenvalue weighted by Crippen LogP contribution is -2.29. The second-order valence-electron chi connectivity index (χ2n) is 6.16. The van der Waals surface area contributed by atoms with Gasteiger partial charge in [-0.2, -0.15) is 5.26 Å². The average molecular weight is 370 g/mol. The number of rotatable bonds is 5. The summed E-state index contributed by atoms with van der Waals surface area (Å²) in [6.45, 7) is 1.52. The van der Waals surface area contributed by atoms with Crippen LogP contribution in [-0.2, 0) is 14.3 Å². The molecule has 3 rings (SSSR count). The van der Waals surface area contributed by atoms with Gasteiger partial charge in [0, 0.05) is 17.1 Å². The molecule has 0 aliphatic rings. The fourth-order valence-corrected chi connectivity index (χ4v) is 2.67. The summed E-state index contributed by atoms with van der Waals surface area (Å²) >= 11 is 0. The highest BCUT2D eigenvalue weighted by molar-refractivity contribution is 6.04. The lowest BCUT2D eigenvalue weighted by molar-refractivity contribution is -0.148. The van der Waals surface area contributed by atoms with Gasteiger partial charge in [0.2, 0.25) is 0 Å². The van der Waals surface area contributed by atoms with Crippen LogP contribution >= 0.6 is 0 Å². The van der Waals surface area contributed by atoms with E-state index in [0.717, 1.165) is 16.3 Å². The lowest BCUT2D eigenvalue weighted by atomic mass is 10.1. The third kappa shape index (κ3) is 4.63. The van der Waals surface area contributed by atoms with Gasteiger partial charge in [-0.3, -0.25) is 4.79 Å². The molecule has 0 spiro atoms. The van der Waals surface area contributed by atoms with Crippen LogP contribution in [0, 0.1) is 11.3 Å². The highest BCUT2D eigenvalue weighted by atomic mass is 16.5. The van der Waals surface area contributed by atoms with E-state index in [-0.39, 0.29) is 0 Å². The molecule has 0 saturated carbocycles. The smallest absolute Gasteiger partial charge is 0.331 e. The Hall–Kier alpha value is -3.91. The zero-order chi connectivity index (χ0) is 19.9. The summed E-state index contributed by atoms with van der Waals surface area (Å²) in [6.07, 6.45) is 1.87. The molecule has 0 bridgehead atoms. The van der Waals surface area contributed by atoms with Gasteiger partial charge in [0.15, 0.2) is 6.10 Å². The van der Waals surface area contributed by atoms with Gasteiger partial charge < -0.3 is 10.1 Å². The van der Waals surface area contributed by atoms with E-state index in [1.54, 1.807) is 36.4 Å². The van der Waals surface area contributed by atoms with Gasteiger partial charge >= 0.3 is 5.97 Å². The minimum absolute atomic E-state index is 0.406. The van der Waals surface area contributed by atoms with Crippen molar-refractivity contribution in [3.8, 4) is 6.07 Å². The predicted molar refractivity (Wildman–Crippen MR) is 108 cm³/mol. The maximum Gasteiger partial charge on any atom is 0.331 e. The van der Waals surface area contributed by atoms with Gasteiger partial charge in [0.25, 0.3) is 5.91 Å². The Kier molecular flexibility index (Phi) is 5.83. The van der Waals surface area contributed by atoms with Gasteiger partial charge in [-0.25, -0.2) is 4.79 Å². The molecule has 0 fully saturated rings. The van der Waals surface area contributed by atoms with Gasteiger partial charge in [0.05, 0.1) is 11.6 Å². The fourth-order valence-electron chi connectivity index (χ4n) is 2.67. The van der Waals surface area contributed by atoms with Crippen molar-refractivity contribution < 1.29 is 14.3 Å². The van der Waals surface area contributed by atoms with Gasteiger partial charge in [0.1, 0.15) is 0 Å². The van der Waals surface area contributed by atoms with E-state index < -0.39 is 18.0 Å². The number of nitrogens with one attached hydrogen (secondary N) is 1. The molecule has 5 heteroatoms. The van der Waals surface area contributed by atoms with Crippen LogP contribution in [0.4, 0.5) is 5.69 Å². The van der Waals surface area contributed by atoms with E-state index in [1.165, 1.54) is 13.0 Å². The topological polar surface area (TPSA) is 79.2 Å². The molecule has 0 heterocycles. The maximum absolute atomic E-state index is 12.4. The van der Waals surface area contributed by atoms with Crippen LogP contribution in [0.5, 0.6) is 0 Å². The molecule has 3 aromatic carbocycles. The van der Waals surface area contributed by atoms with Crippen LogP contribution in [0.3, 0.4) is 0 Å². The normalized spacial score (nSPS) is 11.7. The van der Waals surface area contributed by atoms with Gasteiger partial charge in [-0.05, 0) is 42.1 Å². The number of nitrogens with zero attached hydrogens (tertiary/aromatic N) is 1. The number of ether oxygens (including phenoxy) is 1. The first-order valence-corrected chi connectivity index (χ1v) is 8.74. The molecule has 0 saturated heterocycles. The zero-order valence-corrected chi connectivity index (χ0v) is 15.3. The van der Waals surface area contributed by atoms with Crippen LogP contribution in [0.25, 0.3) is 16.8 Å². The van der Waals surface area contributed by atoms with Crippen LogP contribution in [-0.4, -0.2) is 18.0 Å². The van der Waals surface area contributed by atoms with E-state index in [0.29, 0.717) is 11.3 Å². The first-order chi connectivity index (χ1) is 13.6. The largest absolute Gasteiger partial charge is 0.449 e. The molecule has 138 valence electrons. The van der Waals surface area contributed by atoms with E-state index in [2.05, 4.69) is 5.32 Å². The second-order valence-corrected chi connectivity index (χ2v) is 6.16. The van der Waals surface area contributed by atoms with Gasteiger partial charge in [-0.15, -0.1) is 0 Å². The SMILES string of the molecule is C[C@@H](OC(=O)/C=C/c1ccc(C#N)cc1)C(=O)Nc1cccc2ccccc12. The van der Waals surface area contributed by atoms with Crippen LogP contribution < -0.4 is 5.32 Å². The summed E-state index contributed by atoms with van der Waals surface area (Å²) in [6, 6.07) is 22.1. The van der Waals surface area contributed by atoms with Crippen molar-refractivity contribution in [2.75, 3.05) is 5.32 Å². The van der Waals surface area contributed by atoms with Crippen molar-refractivity contribution in [3.05, 3.63) is 83.9 Å². The van der Waals surface area contributed by atoms with E-state index in [4.69, 9.17) is 10.00 Å². The summed E-state index contributed by atoms with van der Waals surface area (Å²) in [7, 11) is 0. The number of hydrogen-bond donors (Lipinski definition) is 1. The summed E-state index contributed by atoms with van der Waals surface area (Å²) in [5, 5.41) is 13.5. The van der Waals surface area contributed by atoms with E-state index in [9.17, 15) is 9.59 Å². The molecular formula is C23H18N2O3. The third-order valence-corrected chi connectivity index (χ3v) is 4.16. The van der Waals surface area contributed by atoms with Crippen molar-refractivity contribution in [3.63, 3.8) is 0 Å². The number of amides is 1. The molecule has 0 aromatic heterocycles. The number of carbonyl (C=O) groups excluding carboxylic acids is 2. The quantitative estimate of drug-likeness (QED) is 0.537. The Morgan fingerprint density at radius 1 is 1.04 bits per heavy atom. The standard InChI is InChI=1S/C23H18N2O3/c1-16(28-22(26)14-13-17-9-11-18(15-24)12-10-17)23(27)25-21-8-4-6-19-5-2-3-7-20(19)21/h2-14,16H,1H3,(H,25,27)/b14-13+/t16-/m1/s1. The number of anilines is 1. The molecule has 5 nitrogen and oxygen atoms in total. The summed E-state index contributed by atoms with van der Waals surface area (Å²) in [5.74, 6) is -1.03. The van der Waals surface area contributed by atoms with Crippen molar-refractivity contribution in [1.29, 1.82) is 5.26 Å². The van der Waals surface area contributed by atoms with Crippen LogP contribution in [0.2, 0.25) is 0 Å². The third-order valence-electron chi connectivity index (χ3n) is 4.16. The van der Waals surface area contributed by atoms with Crippen molar-refractivity contribution in [1.82, 2.24) is 0 Å². The summed E-state index contributed by atoms with van der Waals surface area (Å²) in [4.78, 5) is 24.4. The highest BCUT2D eigenvalue weighted by Crippen LogP contribution is 2.23. The monoisotopic (exact) mass is 370 g/mol. The second kappa shape index (κ2) is 8.65. The molecule has 0 aliphatic carbocycles. The fraction of sp³-hybridized carbons (Fsp3) is 0.0870. The molecule has 3 aromatic rings. The molecule has 0 aliphatic heterocycles. The Morgan fingerprint density at radius 3 is 2.50 bits per heavy atom. The zero-order valence-electron chi connectivity index (χ0n) is 15.3. The predicted octanol–water partition coefficient (Wildman–Crippen LogP) is 4.30.